The van der Waals surface area contributed by atoms with Crippen LogP contribution >= 0.6 is 12.6 Å². The van der Waals surface area contributed by atoms with E-state index in [1.54, 1.807) is 17.0 Å². The summed E-state index contributed by atoms with van der Waals surface area (Å²) in [5.41, 5.74) is 1.76. The fourth-order valence-electron chi connectivity index (χ4n) is 4.11. The maximum absolute atomic E-state index is 15.0. The quantitative estimate of drug-likeness (QED) is 0.392. The first kappa shape index (κ1) is 26.7. The molecule has 37 heavy (non-hydrogen) atoms. The second-order valence-corrected chi connectivity index (χ2v) is 9.06. The molecular weight excluding hydrogens is 503 g/mol. The van der Waals surface area contributed by atoms with Crippen molar-refractivity contribution >= 4 is 41.2 Å². The van der Waals surface area contributed by atoms with Crippen molar-refractivity contribution in [3.63, 3.8) is 0 Å². The zero-order chi connectivity index (χ0) is 26.4. The largest absolute Gasteiger partial charge is 0.441 e. The van der Waals surface area contributed by atoms with E-state index in [1.165, 1.54) is 18.0 Å². The molecule has 2 aliphatic heterocycles. The summed E-state index contributed by atoms with van der Waals surface area (Å²) in [5, 5.41) is 0.347. The number of halogens is 1. The number of nitrogens with zero attached hydrogens (tertiary/aromatic N) is 4. The standard InChI is InChI=1S/C25H29FN4O6S/c1-27(25(33)37)35-16-20-14-30(24(32)36-20)19-7-8-22(21(26)13-19)28-9-11-29(12-10-28)23(31)17-34-15-18-5-3-2-4-6-18/h2-8,13,20H,9-12,14-17H2,1H3,(H,33,37)/t20-/m0/s1. The molecule has 3 amide bonds. The van der Waals surface area contributed by atoms with E-state index in [9.17, 15) is 14.4 Å². The minimum atomic E-state index is -0.623. The number of rotatable bonds is 9. The number of carbonyl (C=O) groups is 3. The molecule has 0 bridgehead atoms. The van der Waals surface area contributed by atoms with Crippen LogP contribution in [0.1, 0.15) is 5.56 Å². The van der Waals surface area contributed by atoms with Crippen molar-refractivity contribution in [1.29, 1.82) is 0 Å². The summed E-state index contributed by atoms with van der Waals surface area (Å²) in [7, 11) is 1.40. The van der Waals surface area contributed by atoms with Gasteiger partial charge in [-0.15, -0.1) is 0 Å². The second kappa shape index (κ2) is 12.3. The van der Waals surface area contributed by atoms with Gasteiger partial charge in [-0.1, -0.05) is 43.0 Å². The Bertz CT molecular complexity index is 1120. The molecule has 0 aromatic heterocycles. The number of cyclic esters (lactones) is 1. The molecule has 10 nitrogen and oxygen atoms in total. The minimum absolute atomic E-state index is 0.00282. The zero-order valence-electron chi connectivity index (χ0n) is 20.4. The Morgan fingerprint density at radius 2 is 1.86 bits per heavy atom. The highest BCUT2D eigenvalue weighted by molar-refractivity contribution is 7.96. The van der Waals surface area contributed by atoms with Crippen LogP contribution in [0, 0.1) is 5.82 Å². The smallest absolute Gasteiger partial charge is 0.414 e. The Morgan fingerprint density at radius 1 is 1.14 bits per heavy atom. The van der Waals surface area contributed by atoms with Crippen molar-refractivity contribution in [2.24, 2.45) is 0 Å². The average Bonchev–Trinajstić information content (AvgIpc) is 3.28. The van der Waals surface area contributed by atoms with Gasteiger partial charge in [0.05, 0.1) is 24.5 Å². The molecule has 4 rings (SSSR count). The summed E-state index contributed by atoms with van der Waals surface area (Å²) >= 11 is 3.64. The number of amides is 3. The van der Waals surface area contributed by atoms with Crippen LogP contribution in [0.15, 0.2) is 48.5 Å². The van der Waals surface area contributed by atoms with E-state index in [4.69, 9.17) is 14.3 Å². The number of hydrogen-bond donors (Lipinski definition) is 1. The van der Waals surface area contributed by atoms with Crippen LogP contribution in [-0.2, 0) is 25.7 Å². The maximum Gasteiger partial charge on any atom is 0.414 e. The van der Waals surface area contributed by atoms with Gasteiger partial charge in [0.15, 0.2) is 0 Å². The fourth-order valence-corrected chi connectivity index (χ4v) is 4.17. The monoisotopic (exact) mass is 532 g/mol. The number of ether oxygens (including phenoxy) is 2. The van der Waals surface area contributed by atoms with E-state index in [0.29, 0.717) is 44.2 Å². The molecule has 12 heteroatoms. The number of hydrogen-bond acceptors (Lipinski definition) is 7. The van der Waals surface area contributed by atoms with Crippen molar-refractivity contribution in [3.8, 4) is 0 Å². The van der Waals surface area contributed by atoms with E-state index in [1.807, 2.05) is 35.2 Å². The summed E-state index contributed by atoms with van der Waals surface area (Å²) in [4.78, 5) is 46.0. The molecular formula is C25H29FN4O6S. The predicted octanol–water partition coefficient (Wildman–Crippen LogP) is 2.93. The second-order valence-electron chi connectivity index (χ2n) is 8.67. The van der Waals surface area contributed by atoms with Gasteiger partial charge in [-0.25, -0.2) is 14.2 Å². The van der Waals surface area contributed by atoms with Gasteiger partial charge in [0.1, 0.15) is 25.1 Å². The number of carbonyl (C=O) groups excluding carboxylic acids is 3. The van der Waals surface area contributed by atoms with Crippen molar-refractivity contribution in [2.75, 3.05) is 62.8 Å². The SMILES string of the molecule is CN(OC[C@@H]1CN(c2ccc(N3CCN(C(=O)COCc4ccccc4)CC3)c(F)c2)C(=O)O1)C(=O)S. The van der Waals surface area contributed by atoms with Crippen molar-refractivity contribution in [1.82, 2.24) is 9.96 Å². The van der Waals surface area contributed by atoms with Crippen molar-refractivity contribution in [2.45, 2.75) is 12.7 Å². The highest BCUT2D eigenvalue weighted by atomic mass is 32.1. The number of hydroxylamine groups is 2. The molecule has 0 aliphatic carbocycles. The first-order valence-corrected chi connectivity index (χ1v) is 12.3. The molecule has 0 N–H and O–H groups in total. The lowest BCUT2D eigenvalue weighted by Crippen LogP contribution is -2.50. The molecule has 198 valence electrons. The molecule has 0 saturated carbocycles. The van der Waals surface area contributed by atoms with Gasteiger partial charge in [-0.3, -0.25) is 19.3 Å². The molecule has 2 aromatic carbocycles. The summed E-state index contributed by atoms with van der Waals surface area (Å²) < 4.78 is 25.8. The first-order valence-electron chi connectivity index (χ1n) is 11.8. The highest BCUT2D eigenvalue weighted by Crippen LogP contribution is 2.28. The lowest BCUT2D eigenvalue weighted by Gasteiger charge is -2.36. The van der Waals surface area contributed by atoms with Crippen LogP contribution in [-0.4, -0.2) is 86.3 Å². The third-order valence-electron chi connectivity index (χ3n) is 6.15. The number of piperazine rings is 1. The normalized spacial score (nSPS) is 17.6. The Hall–Kier alpha value is -3.35. The van der Waals surface area contributed by atoms with Crippen LogP contribution in [0.3, 0.4) is 0 Å². The molecule has 0 spiro atoms. The van der Waals surface area contributed by atoms with E-state index in [2.05, 4.69) is 12.6 Å². The number of thiol groups is 1. The van der Waals surface area contributed by atoms with E-state index >= 15 is 4.39 Å². The Morgan fingerprint density at radius 3 is 2.54 bits per heavy atom. The van der Waals surface area contributed by atoms with Gasteiger partial charge in [-0.2, -0.15) is 0 Å². The molecule has 2 heterocycles. The predicted molar refractivity (Wildman–Crippen MR) is 137 cm³/mol. The van der Waals surface area contributed by atoms with E-state index in [-0.39, 0.29) is 25.7 Å². The third kappa shape index (κ3) is 6.90. The van der Waals surface area contributed by atoms with Crippen LogP contribution in [0.4, 0.5) is 25.4 Å². The topological polar surface area (TPSA) is 91.9 Å². The maximum atomic E-state index is 15.0. The molecule has 2 saturated heterocycles. The Kier molecular flexibility index (Phi) is 8.85. The van der Waals surface area contributed by atoms with Gasteiger partial charge in [0, 0.05) is 33.2 Å². The van der Waals surface area contributed by atoms with Crippen LogP contribution in [0.5, 0.6) is 0 Å². The third-order valence-corrected chi connectivity index (χ3v) is 6.43. The van der Waals surface area contributed by atoms with Crippen LogP contribution in [0.25, 0.3) is 0 Å². The van der Waals surface area contributed by atoms with Gasteiger partial charge in [0.25, 0.3) is 0 Å². The van der Waals surface area contributed by atoms with Crippen LogP contribution in [0.2, 0.25) is 0 Å². The Labute approximate surface area is 219 Å². The summed E-state index contributed by atoms with van der Waals surface area (Å²) in [6.07, 6.45) is -1.24. The minimum Gasteiger partial charge on any atom is -0.441 e. The molecule has 1 atom stereocenters. The summed E-state index contributed by atoms with van der Waals surface area (Å²) in [6, 6.07) is 14.2. The molecule has 2 aromatic rings. The first-order chi connectivity index (χ1) is 17.8. The van der Waals surface area contributed by atoms with Crippen molar-refractivity contribution < 1.29 is 33.1 Å². The van der Waals surface area contributed by atoms with Crippen molar-refractivity contribution in [3.05, 3.63) is 59.9 Å². The molecule has 2 aliphatic rings. The molecule has 0 unspecified atom stereocenters. The van der Waals surface area contributed by atoms with Gasteiger partial charge < -0.3 is 19.3 Å². The summed E-state index contributed by atoms with van der Waals surface area (Å²) in [6.45, 7) is 2.35. The fraction of sp³-hybridized carbons (Fsp3) is 0.400. The van der Waals surface area contributed by atoms with Gasteiger partial charge in [0.2, 0.25) is 5.91 Å². The van der Waals surface area contributed by atoms with E-state index < -0.39 is 23.3 Å². The zero-order valence-corrected chi connectivity index (χ0v) is 21.3. The highest BCUT2D eigenvalue weighted by Gasteiger charge is 2.34. The lowest BCUT2D eigenvalue weighted by atomic mass is 10.2. The van der Waals surface area contributed by atoms with Crippen LogP contribution < -0.4 is 9.80 Å². The molecule has 0 radical (unpaired) electrons. The lowest BCUT2D eigenvalue weighted by molar-refractivity contribution is -0.136. The van der Waals surface area contributed by atoms with Gasteiger partial charge in [-0.05, 0) is 23.8 Å². The average molecular weight is 533 g/mol. The Balaban J connectivity index is 1.26. The molecule has 2 fully saturated rings. The van der Waals surface area contributed by atoms with E-state index in [0.717, 1.165) is 10.6 Å². The van der Waals surface area contributed by atoms with Gasteiger partial charge >= 0.3 is 11.3 Å². The number of anilines is 2. The number of benzene rings is 2. The summed E-state index contributed by atoms with van der Waals surface area (Å²) in [5.74, 6) is -0.571.